The number of benzene rings is 1. The maximum Gasteiger partial charge on any atom is 0.257 e. The number of hydrogen-bond acceptors (Lipinski definition) is 2. The summed E-state index contributed by atoms with van der Waals surface area (Å²) >= 11 is 0. The summed E-state index contributed by atoms with van der Waals surface area (Å²) in [6.07, 6.45) is 2.36. The van der Waals surface area contributed by atoms with Gasteiger partial charge in [-0.15, -0.1) is 0 Å². The zero-order valence-corrected chi connectivity index (χ0v) is 11.8. The van der Waals surface area contributed by atoms with Crippen LogP contribution in [0.25, 0.3) is 0 Å². The molecule has 0 saturated carbocycles. The molecule has 1 fully saturated rings. The van der Waals surface area contributed by atoms with Crippen LogP contribution in [0.3, 0.4) is 0 Å². The summed E-state index contributed by atoms with van der Waals surface area (Å²) in [6.45, 7) is 2.30. The number of hydrogen-bond donors (Lipinski definition) is 1. The highest BCUT2D eigenvalue weighted by atomic mass is 19.1. The number of nitrogens with one attached hydrogen (secondary N) is 1. The molecular weight excluding hydrogens is 259 g/mol. The van der Waals surface area contributed by atoms with E-state index < -0.39 is 17.8 Å². The average Bonchev–Trinajstić information content (AvgIpc) is 2.48. The lowest BCUT2D eigenvalue weighted by atomic mass is 9.99. The van der Waals surface area contributed by atoms with Gasteiger partial charge < -0.3 is 10.2 Å². The minimum atomic E-state index is -0.540. The Morgan fingerprint density at radius 1 is 1.35 bits per heavy atom. The fraction of sp³-hybridized carbons (Fsp3) is 0.467. The van der Waals surface area contributed by atoms with Gasteiger partial charge in [0.05, 0.1) is 5.56 Å². The van der Waals surface area contributed by atoms with Crippen LogP contribution in [0.5, 0.6) is 0 Å². The highest BCUT2D eigenvalue weighted by Gasteiger charge is 2.33. The van der Waals surface area contributed by atoms with E-state index in [2.05, 4.69) is 5.32 Å². The van der Waals surface area contributed by atoms with E-state index in [-0.39, 0.29) is 11.5 Å². The molecule has 1 aliphatic heterocycles. The molecule has 5 heteroatoms. The minimum Gasteiger partial charge on any atom is -0.357 e. The molecule has 2 amide bonds. The average molecular weight is 278 g/mol. The molecule has 1 aromatic carbocycles. The summed E-state index contributed by atoms with van der Waals surface area (Å²) in [4.78, 5) is 25.9. The molecule has 1 unspecified atom stereocenters. The van der Waals surface area contributed by atoms with E-state index in [0.29, 0.717) is 13.0 Å². The number of nitrogens with zero attached hydrogens (tertiary/aromatic N) is 1. The number of halogens is 1. The molecule has 1 saturated heterocycles. The number of piperidine rings is 1. The molecule has 108 valence electrons. The Bertz CT molecular complexity index is 531. The molecule has 2 rings (SSSR count). The predicted octanol–water partition coefficient (Wildman–Crippen LogP) is 1.87. The van der Waals surface area contributed by atoms with E-state index in [1.165, 1.54) is 17.0 Å². The van der Waals surface area contributed by atoms with E-state index in [1.807, 2.05) is 6.92 Å². The van der Waals surface area contributed by atoms with E-state index in [0.717, 1.165) is 18.4 Å². The molecule has 1 aliphatic rings. The fourth-order valence-electron chi connectivity index (χ4n) is 2.57. The molecule has 1 N–H and O–H groups in total. The number of carbonyl (C=O) groups is 2. The monoisotopic (exact) mass is 278 g/mol. The number of rotatable bonds is 2. The van der Waals surface area contributed by atoms with Gasteiger partial charge in [-0.1, -0.05) is 11.6 Å². The topological polar surface area (TPSA) is 49.4 Å². The van der Waals surface area contributed by atoms with Crippen LogP contribution < -0.4 is 5.32 Å². The minimum absolute atomic E-state index is 0.0424. The molecule has 0 spiro atoms. The maximum atomic E-state index is 13.8. The Morgan fingerprint density at radius 3 is 2.80 bits per heavy atom. The van der Waals surface area contributed by atoms with E-state index in [9.17, 15) is 14.0 Å². The number of likely N-dealkylation sites (tertiary alicyclic amines) is 1. The number of carbonyl (C=O) groups excluding carboxylic acids is 2. The van der Waals surface area contributed by atoms with Crippen molar-refractivity contribution in [3.05, 3.63) is 35.1 Å². The van der Waals surface area contributed by atoms with Gasteiger partial charge in [0, 0.05) is 13.6 Å². The largest absolute Gasteiger partial charge is 0.357 e. The van der Waals surface area contributed by atoms with Crippen LogP contribution >= 0.6 is 0 Å². The van der Waals surface area contributed by atoms with Crippen molar-refractivity contribution >= 4 is 11.8 Å². The van der Waals surface area contributed by atoms with E-state index in [4.69, 9.17) is 0 Å². The van der Waals surface area contributed by atoms with Crippen molar-refractivity contribution in [1.29, 1.82) is 0 Å². The fourth-order valence-corrected chi connectivity index (χ4v) is 2.57. The van der Waals surface area contributed by atoms with Gasteiger partial charge in [-0.05, 0) is 38.3 Å². The quantitative estimate of drug-likeness (QED) is 0.898. The van der Waals surface area contributed by atoms with Crippen LogP contribution in [0.1, 0.15) is 35.2 Å². The van der Waals surface area contributed by atoms with Crippen molar-refractivity contribution < 1.29 is 14.0 Å². The Morgan fingerprint density at radius 2 is 2.10 bits per heavy atom. The van der Waals surface area contributed by atoms with Crippen molar-refractivity contribution in [1.82, 2.24) is 10.2 Å². The van der Waals surface area contributed by atoms with Gasteiger partial charge in [0.25, 0.3) is 5.91 Å². The lowest BCUT2D eigenvalue weighted by Crippen LogP contribution is -2.51. The normalized spacial score (nSPS) is 18.8. The summed E-state index contributed by atoms with van der Waals surface area (Å²) in [5, 5.41) is 2.57. The number of amides is 2. The summed E-state index contributed by atoms with van der Waals surface area (Å²) in [7, 11) is 1.55. The Balaban J connectivity index is 2.30. The van der Waals surface area contributed by atoms with Gasteiger partial charge in [-0.2, -0.15) is 0 Å². The SMILES string of the molecule is CNC(=O)C1CCCCN1C(=O)c1cc(C)ccc1F. The van der Waals surface area contributed by atoms with E-state index in [1.54, 1.807) is 13.1 Å². The van der Waals surface area contributed by atoms with Gasteiger partial charge in [0.1, 0.15) is 11.9 Å². The van der Waals surface area contributed by atoms with Crippen molar-refractivity contribution in [2.75, 3.05) is 13.6 Å². The summed E-state index contributed by atoms with van der Waals surface area (Å²) < 4.78 is 13.8. The molecule has 0 bridgehead atoms. The summed E-state index contributed by atoms with van der Waals surface area (Å²) in [5.41, 5.74) is 0.865. The van der Waals surface area contributed by atoms with Gasteiger partial charge in [-0.25, -0.2) is 4.39 Å². The Hall–Kier alpha value is -1.91. The molecule has 20 heavy (non-hydrogen) atoms. The van der Waals surface area contributed by atoms with Crippen LogP contribution in [0, 0.1) is 12.7 Å². The Kier molecular flexibility index (Phi) is 4.37. The van der Waals surface area contributed by atoms with Crippen molar-refractivity contribution in [3.8, 4) is 0 Å². The third-order valence-electron chi connectivity index (χ3n) is 3.66. The molecule has 0 aliphatic carbocycles. The highest BCUT2D eigenvalue weighted by Crippen LogP contribution is 2.21. The second kappa shape index (κ2) is 6.03. The molecule has 1 aromatic rings. The maximum absolute atomic E-state index is 13.8. The smallest absolute Gasteiger partial charge is 0.257 e. The zero-order chi connectivity index (χ0) is 14.7. The first-order valence-electron chi connectivity index (χ1n) is 6.83. The first-order chi connectivity index (χ1) is 9.54. The zero-order valence-electron chi connectivity index (χ0n) is 11.8. The third-order valence-corrected chi connectivity index (χ3v) is 3.66. The standard InChI is InChI=1S/C15H19FN2O2/c1-10-6-7-12(16)11(9-10)15(20)18-8-4-3-5-13(18)14(19)17-2/h6-7,9,13H,3-5,8H2,1-2H3,(H,17,19). The third kappa shape index (κ3) is 2.81. The second-order valence-electron chi connectivity index (χ2n) is 5.11. The van der Waals surface area contributed by atoms with Crippen molar-refractivity contribution in [2.45, 2.75) is 32.2 Å². The molecule has 0 aromatic heterocycles. The summed E-state index contributed by atoms with van der Waals surface area (Å²) in [5.74, 6) is -1.13. The Labute approximate surface area is 118 Å². The summed E-state index contributed by atoms with van der Waals surface area (Å²) in [6, 6.07) is 3.95. The predicted molar refractivity (Wildman–Crippen MR) is 73.9 cm³/mol. The molecule has 4 nitrogen and oxygen atoms in total. The van der Waals surface area contributed by atoms with Crippen LogP contribution in [-0.2, 0) is 4.79 Å². The molecule has 1 heterocycles. The molecule has 0 radical (unpaired) electrons. The van der Waals surface area contributed by atoms with Gasteiger partial charge in [0.2, 0.25) is 5.91 Å². The molecule has 1 atom stereocenters. The van der Waals surface area contributed by atoms with E-state index >= 15 is 0 Å². The number of likely N-dealkylation sites (N-methyl/N-ethyl adjacent to an activating group) is 1. The van der Waals surface area contributed by atoms with Crippen LogP contribution in [0.4, 0.5) is 4.39 Å². The first kappa shape index (κ1) is 14.5. The first-order valence-corrected chi connectivity index (χ1v) is 6.83. The van der Waals surface area contributed by atoms with Gasteiger partial charge in [-0.3, -0.25) is 9.59 Å². The van der Waals surface area contributed by atoms with Crippen LogP contribution in [0.15, 0.2) is 18.2 Å². The van der Waals surface area contributed by atoms with Gasteiger partial charge in [0.15, 0.2) is 0 Å². The van der Waals surface area contributed by atoms with Crippen molar-refractivity contribution in [2.24, 2.45) is 0 Å². The van der Waals surface area contributed by atoms with Crippen LogP contribution in [0.2, 0.25) is 0 Å². The van der Waals surface area contributed by atoms with Crippen molar-refractivity contribution in [3.63, 3.8) is 0 Å². The highest BCUT2D eigenvalue weighted by molar-refractivity contribution is 5.98. The molecular formula is C15H19FN2O2. The lowest BCUT2D eigenvalue weighted by Gasteiger charge is -2.34. The van der Waals surface area contributed by atoms with Gasteiger partial charge >= 0.3 is 0 Å². The second-order valence-corrected chi connectivity index (χ2v) is 5.11. The number of aryl methyl sites for hydroxylation is 1. The lowest BCUT2D eigenvalue weighted by molar-refractivity contribution is -0.126. The van der Waals surface area contributed by atoms with Crippen LogP contribution in [-0.4, -0.2) is 36.3 Å².